The lowest BCUT2D eigenvalue weighted by Gasteiger charge is -2.26. The molecule has 1 atom stereocenters. The third-order valence-corrected chi connectivity index (χ3v) is 4.93. The van der Waals surface area contributed by atoms with Crippen molar-refractivity contribution in [2.45, 2.75) is 32.3 Å². The van der Waals surface area contributed by atoms with E-state index in [-0.39, 0.29) is 6.10 Å². The standard InChI is InChI=1S/C20H47N5O/c1-8-9-10-20(26)19-25(7)18-17-24(6)16-15-23(5)14-13-22(4)12-11-21(2)3/h20,26H,8-19H2,1-7H3. The van der Waals surface area contributed by atoms with Crippen molar-refractivity contribution in [1.82, 2.24) is 24.5 Å². The van der Waals surface area contributed by atoms with Crippen molar-refractivity contribution >= 4 is 0 Å². The molecule has 0 amide bonds. The van der Waals surface area contributed by atoms with Crippen LogP contribution in [0, 0.1) is 0 Å². The second-order valence-corrected chi connectivity index (χ2v) is 8.27. The Bertz CT molecular complexity index is 317. The van der Waals surface area contributed by atoms with Crippen LogP contribution in [-0.4, -0.2) is 137 Å². The fourth-order valence-corrected chi connectivity index (χ4v) is 2.71. The second kappa shape index (κ2) is 15.8. The van der Waals surface area contributed by atoms with E-state index >= 15 is 0 Å². The molecule has 0 radical (unpaired) electrons. The van der Waals surface area contributed by atoms with E-state index in [2.05, 4.69) is 73.7 Å². The van der Waals surface area contributed by atoms with Crippen molar-refractivity contribution in [2.75, 3.05) is 101 Å². The first kappa shape index (κ1) is 25.8. The molecule has 6 nitrogen and oxygen atoms in total. The van der Waals surface area contributed by atoms with Crippen LogP contribution < -0.4 is 0 Å². The molecule has 0 aromatic rings. The summed E-state index contributed by atoms with van der Waals surface area (Å²) in [6, 6.07) is 0. The van der Waals surface area contributed by atoms with Crippen molar-refractivity contribution in [2.24, 2.45) is 0 Å². The molecule has 6 heteroatoms. The summed E-state index contributed by atoms with van der Waals surface area (Å²) < 4.78 is 0. The first-order valence-corrected chi connectivity index (χ1v) is 10.3. The molecule has 1 N–H and O–H groups in total. The highest BCUT2D eigenvalue weighted by molar-refractivity contribution is 4.65. The minimum absolute atomic E-state index is 0.180. The van der Waals surface area contributed by atoms with Gasteiger partial charge in [-0.05, 0) is 48.7 Å². The van der Waals surface area contributed by atoms with E-state index in [0.717, 1.165) is 78.2 Å². The molecule has 1 unspecified atom stereocenters. The van der Waals surface area contributed by atoms with Gasteiger partial charge in [0.15, 0.2) is 0 Å². The van der Waals surface area contributed by atoms with Gasteiger partial charge in [0.1, 0.15) is 0 Å². The van der Waals surface area contributed by atoms with Crippen molar-refractivity contribution in [1.29, 1.82) is 0 Å². The number of aliphatic hydroxyl groups excluding tert-OH is 1. The number of hydrogen-bond acceptors (Lipinski definition) is 6. The van der Waals surface area contributed by atoms with Gasteiger partial charge in [-0.25, -0.2) is 0 Å². The summed E-state index contributed by atoms with van der Waals surface area (Å²) in [6.07, 6.45) is 3.01. The first-order valence-electron chi connectivity index (χ1n) is 10.3. The zero-order valence-electron chi connectivity index (χ0n) is 18.7. The molecule has 0 fully saturated rings. The minimum Gasteiger partial charge on any atom is -0.392 e. The Balaban J connectivity index is 3.75. The molecule has 0 aliphatic rings. The van der Waals surface area contributed by atoms with Gasteiger partial charge in [0.25, 0.3) is 0 Å². The summed E-state index contributed by atoms with van der Waals surface area (Å²) in [7, 11) is 13.0. The molecule has 0 spiro atoms. The van der Waals surface area contributed by atoms with Crippen molar-refractivity contribution in [3.05, 3.63) is 0 Å². The van der Waals surface area contributed by atoms with Crippen LogP contribution in [0.3, 0.4) is 0 Å². The highest BCUT2D eigenvalue weighted by atomic mass is 16.3. The number of hydrogen-bond donors (Lipinski definition) is 1. The summed E-state index contributed by atoms with van der Waals surface area (Å²) in [6.45, 7) is 11.7. The summed E-state index contributed by atoms with van der Waals surface area (Å²) >= 11 is 0. The first-order chi connectivity index (χ1) is 12.2. The molecule has 0 bridgehead atoms. The molecule has 0 saturated carbocycles. The highest BCUT2D eigenvalue weighted by Gasteiger charge is 2.09. The molecule has 0 aliphatic heterocycles. The molecule has 26 heavy (non-hydrogen) atoms. The van der Waals surface area contributed by atoms with Gasteiger partial charge in [0.05, 0.1) is 6.10 Å². The van der Waals surface area contributed by atoms with Gasteiger partial charge in [-0.15, -0.1) is 0 Å². The van der Waals surface area contributed by atoms with Crippen molar-refractivity contribution in [3.63, 3.8) is 0 Å². The maximum absolute atomic E-state index is 10.00. The number of aliphatic hydroxyl groups is 1. The normalized spacial score (nSPS) is 13.7. The van der Waals surface area contributed by atoms with Gasteiger partial charge >= 0.3 is 0 Å². The fraction of sp³-hybridized carbons (Fsp3) is 1.00. The van der Waals surface area contributed by atoms with E-state index < -0.39 is 0 Å². The topological polar surface area (TPSA) is 36.4 Å². The van der Waals surface area contributed by atoms with Gasteiger partial charge in [-0.3, -0.25) is 0 Å². The molecular weight excluding hydrogens is 326 g/mol. The zero-order valence-corrected chi connectivity index (χ0v) is 18.7. The Morgan fingerprint density at radius 1 is 0.615 bits per heavy atom. The predicted molar refractivity (Wildman–Crippen MR) is 114 cm³/mol. The average Bonchev–Trinajstić information content (AvgIpc) is 2.59. The number of unbranched alkanes of at least 4 members (excludes halogenated alkanes) is 1. The summed E-state index contributed by atoms with van der Waals surface area (Å²) in [5.74, 6) is 0. The van der Waals surface area contributed by atoms with Gasteiger partial charge in [-0.1, -0.05) is 19.8 Å². The number of likely N-dealkylation sites (N-methyl/N-ethyl adjacent to an activating group) is 5. The lowest BCUT2D eigenvalue weighted by atomic mass is 10.1. The Labute approximate surface area is 163 Å². The van der Waals surface area contributed by atoms with E-state index in [0.29, 0.717) is 0 Å². The summed E-state index contributed by atoms with van der Waals surface area (Å²) in [5, 5.41) is 10.00. The lowest BCUT2D eigenvalue weighted by Crippen LogP contribution is -2.39. The largest absolute Gasteiger partial charge is 0.392 e. The third kappa shape index (κ3) is 16.0. The third-order valence-electron chi connectivity index (χ3n) is 4.93. The maximum atomic E-state index is 10.00. The highest BCUT2D eigenvalue weighted by Crippen LogP contribution is 2.02. The van der Waals surface area contributed by atoms with E-state index in [4.69, 9.17) is 0 Å². The average molecular weight is 374 g/mol. The smallest absolute Gasteiger partial charge is 0.0667 e. The van der Waals surface area contributed by atoms with Crippen LogP contribution in [-0.2, 0) is 0 Å². The van der Waals surface area contributed by atoms with Crippen molar-refractivity contribution in [3.8, 4) is 0 Å². The van der Waals surface area contributed by atoms with Gasteiger partial charge in [0.2, 0.25) is 0 Å². The van der Waals surface area contributed by atoms with Gasteiger partial charge < -0.3 is 29.6 Å². The van der Waals surface area contributed by atoms with Crippen molar-refractivity contribution < 1.29 is 5.11 Å². The fourth-order valence-electron chi connectivity index (χ4n) is 2.71. The lowest BCUT2D eigenvalue weighted by molar-refractivity contribution is 0.110. The van der Waals surface area contributed by atoms with Gasteiger partial charge in [-0.2, -0.15) is 0 Å². The second-order valence-electron chi connectivity index (χ2n) is 8.27. The van der Waals surface area contributed by atoms with Crippen LogP contribution in [0.4, 0.5) is 0 Å². The summed E-state index contributed by atoms with van der Waals surface area (Å²) in [5.41, 5.74) is 0. The number of nitrogens with zero attached hydrogens (tertiary/aromatic N) is 5. The van der Waals surface area contributed by atoms with E-state index in [1.807, 2.05) is 0 Å². The van der Waals surface area contributed by atoms with E-state index in [1.54, 1.807) is 0 Å². The zero-order chi connectivity index (χ0) is 19.9. The Kier molecular flexibility index (Phi) is 15.6. The molecule has 0 rings (SSSR count). The van der Waals surface area contributed by atoms with Crippen LogP contribution in [0.25, 0.3) is 0 Å². The summed E-state index contributed by atoms with van der Waals surface area (Å²) in [4.78, 5) is 11.7. The predicted octanol–water partition coefficient (Wildman–Crippen LogP) is 0.826. The number of rotatable bonds is 17. The molecule has 0 saturated heterocycles. The van der Waals surface area contributed by atoms with Gasteiger partial charge in [0, 0.05) is 58.9 Å². The van der Waals surface area contributed by atoms with E-state index in [9.17, 15) is 5.11 Å². The molecule has 158 valence electrons. The van der Waals surface area contributed by atoms with Crippen LogP contribution >= 0.6 is 0 Å². The Morgan fingerprint density at radius 2 is 1.00 bits per heavy atom. The van der Waals surface area contributed by atoms with Crippen LogP contribution in [0.5, 0.6) is 0 Å². The Morgan fingerprint density at radius 3 is 1.38 bits per heavy atom. The van der Waals surface area contributed by atoms with Crippen LogP contribution in [0.15, 0.2) is 0 Å². The van der Waals surface area contributed by atoms with E-state index in [1.165, 1.54) is 0 Å². The SMILES string of the molecule is CCCCC(O)CN(C)CCN(C)CCN(C)CCN(C)CCN(C)C. The molecule has 0 aromatic heterocycles. The quantitative estimate of drug-likeness (QED) is 0.407. The maximum Gasteiger partial charge on any atom is 0.0667 e. The minimum atomic E-state index is -0.180. The molecule has 0 aromatic carbocycles. The molecule has 0 heterocycles. The molecule has 0 aliphatic carbocycles. The Hall–Kier alpha value is -0.240. The van der Waals surface area contributed by atoms with Crippen LogP contribution in [0.2, 0.25) is 0 Å². The monoisotopic (exact) mass is 373 g/mol. The van der Waals surface area contributed by atoms with Crippen LogP contribution in [0.1, 0.15) is 26.2 Å². The molecular formula is C20H47N5O.